The number of nitrogens with one attached hydrogen (secondary N) is 1. The summed E-state index contributed by atoms with van der Waals surface area (Å²) in [6.07, 6.45) is 0.519. The predicted octanol–water partition coefficient (Wildman–Crippen LogP) is 1.10. The average molecular weight is 268 g/mol. The summed E-state index contributed by atoms with van der Waals surface area (Å²) in [5.74, 6) is -0.510. The van der Waals surface area contributed by atoms with Gasteiger partial charge in [-0.25, -0.2) is 0 Å². The number of nitro benzene ring substituents is 1. The van der Waals surface area contributed by atoms with Gasteiger partial charge < -0.3 is 15.2 Å². The SMILES string of the molecule is CC[C@H](CO)NC(=O)c1c(OC)cccc1[N+](=O)[O-]. The summed E-state index contributed by atoms with van der Waals surface area (Å²) in [6, 6.07) is 3.70. The van der Waals surface area contributed by atoms with Crippen molar-refractivity contribution in [2.24, 2.45) is 0 Å². The highest BCUT2D eigenvalue weighted by molar-refractivity contribution is 6.01. The Kier molecular flexibility index (Phi) is 5.25. The molecule has 0 fully saturated rings. The molecule has 0 heterocycles. The first-order valence-corrected chi connectivity index (χ1v) is 5.78. The fraction of sp³-hybridized carbons (Fsp3) is 0.417. The van der Waals surface area contributed by atoms with Gasteiger partial charge in [0.15, 0.2) is 5.56 Å². The van der Waals surface area contributed by atoms with Crippen LogP contribution in [0.4, 0.5) is 5.69 Å². The number of rotatable bonds is 6. The van der Waals surface area contributed by atoms with Crippen LogP contribution in [0.25, 0.3) is 0 Å². The lowest BCUT2D eigenvalue weighted by molar-refractivity contribution is -0.385. The van der Waals surface area contributed by atoms with Crippen LogP contribution in [0.2, 0.25) is 0 Å². The number of amides is 1. The lowest BCUT2D eigenvalue weighted by atomic mass is 10.1. The zero-order chi connectivity index (χ0) is 14.4. The van der Waals surface area contributed by atoms with Crippen molar-refractivity contribution in [3.05, 3.63) is 33.9 Å². The molecule has 0 saturated carbocycles. The summed E-state index contributed by atoms with van der Waals surface area (Å²) in [6.45, 7) is 1.56. The standard InChI is InChI=1S/C12H16N2O5/c1-3-8(7-15)13-12(16)11-9(14(17)18)5-4-6-10(11)19-2/h4-6,8,15H,3,7H2,1-2H3,(H,13,16)/t8-/m1/s1. The molecule has 0 aliphatic rings. The molecule has 104 valence electrons. The molecule has 0 radical (unpaired) electrons. The van der Waals surface area contributed by atoms with E-state index in [0.717, 1.165) is 0 Å². The van der Waals surface area contributed by atoms with Crippen molar-refractivity contribution >= 4 is 11.6 Å². The molecular formula is C12H16N2O5. The summed E-state index contributed by atoms with van der Waals surface area (Å²) in [7, 11) is 1.33. The zero-order valence-corrected chi connectivity index (χ0v) is 10.8. The molecular weight excluding hydrogens is 252 g/mol. The number of aliphatic hydroxyl groups is 1. The molecule has 2 N–H and O–H groups in total. The van der Waals surface area contributed by atoms with Crippen LogP contribution < -0.4 is 10.1 Å². The van der Waals surface area contributed by atoms with Gasteiger partial charge in [-0.1, -0.05) is 13.0 Å². The van der Waals surface area contributed by atoms with E-state index < -0.39 is 16.9 Å². The fourth-order valence-corrected chi connectivity index (χ4v) is 1.60. The van der Waals surface area contributed by atoms with Gasteiger partial charge in [0.1, 0.15) is 5.75 Å². The lowest BCUT2D eigenvalue weighted by Crippen LogP contribution is -2.37. The quantitative estimate of drug-likeness (QED) is 0.594. The molecule has 0 unspecified atom stereocenters. The monoisotopic (exact) mass is 268 g/mol. The number of carbonyl (C=O) groups excluding carboxylic acids is 1. The molecule has 1 rings (SSSR count). The third kappa shape index (κ3) is 3.41. The van der Waals surface area contributed by atoms with Gasteiger partial charge in [-0.15, -0.1) is 0 Å². The van der Waals surface area contributed by atoms with E-state index in [0.29, 0.717) is 6.42 Å². The first kappa shape index (κ1) is 14.9. The average Bonchev–Trinajstić information content (AvgIpc) is 2.43. The maximum atomic E-state index is 12.1. The van der Waals surface area contributed by atoms with E-state index in [9.17, 15) is 14.9 Å². The van der Waals surface area contributed by atoms with E-state index in [-0.39, 0.29) is 23.6 Å². The predicted molar refractivity (Wildman–Crippen MR) is 68.3 cm³/mol. The van der Waals surface area contributed by atoms with Crippen molar-refractivity contribution in [3.8, 4) is 5.75 Å². The second-order valence-corrected chi connectivity index (χ2v) is 3.87. The van der Waals surface area contributed by atoms with Crippen LogP contribution in [-0.2, 0) is 0 Å². The Morgan fingerprint density at radius 2 is 2.26 bits per heavy atom. The van der Waals surface area contributed by atoms with Crippen molar-refractivity contribution in [2.75, 3.05) is 13.7 Å². The third-order valence-corrected chi connectivity index (χ3v) is 2.70. The van der Waals surface area contributed by atoms with Crippen LogP contribution in [0.15, 0.2) is 18.2 Å². The Labute approximate surface area is 110 Å². The topological polar surface area (TPSA) is 102 Å². The molecule has 0 aromatic heterocycles. The number of hydrogen-bond acceptors (Lipinski definition) is 5. The largest absolute Gasteiger partial charge is 0.496 e. The van der Waals surface area contributed by atoms with E-state index in [4.69, 9.17) is 9.84 Å². The molecule has 0 aliphatic carbocycles. The molecule has 7 nitrogen and oxygen atoms in total. The maximum absolute atomic E-state index is 12.1. The third-order valence-electron chi connectivity index (χ3n) is 2.70. The van der Waals surface area contributed by atoms with Crippen LogP contribution in [0.1, 0.15) is 23.7 Å². The van der Waals surface area contributed by atoms with Gasteiger partial charge >= 0.3 is 0 Å². The molecule has 19 heavy (non-hydrogen) atoms. The summed E-state index contributed by atoms with van der Waals surface area (Å²) < 4.78 is 4.98. The normalized spacial score (nSPS) is 11.7. The summed E-state index contributed by atoms with van der Waals surface area (Å²) in [5, 5.41) is 22.5. The van der Waals surface area contributed by atoms with E-state index in [2.05, 4.69) is 5.32 Å². The molecule has 0 saturated heterocycles. The van der Waals surface area contributed by atoms with Gasteiger partial charge in [0, 0.05) is 6.07 Å². The minimum absolute atomic E-state index is 0.125. The zero-order valence-electron chi connectivity index (χ0n) is 10.8. The number of methoxy groups -OCH3 is 1. The highest BCUT2D eigenvalue weighted by atomic mass is 16.6. The Morgan fingerprint density at radius 1 is 1.58 bits per heavy atom. The van der Waals surface area contributed by atoms with Gasteiger partial charge in [-0.3, -0.25) is 14.9 Å². The van der Waals surface area contributed by atoms with Gasteiger partial charge in [0.05, 0.1) is 24.7 Å². The van der Waals surface area contributed by atoms with E-state index in [1.54, 1.807) is 6.92 Å². The summed E-state index contributed by atoms with van der Waals surface area (Å²) >= 11 is 0. The van der Waals surface area contributed by atoms with Crippen molar-refractivity contribution in [3.63, 3.8) is 0 Å². The van der Waals surface area contributed by atoms with Gasteiger partial charge in [-0.05, 0) is 12.5 Å². The minimum Gasteiger partial charge on any atom is -0.496 e. The van der Waals surface area contributed by atoms with E-state index >= 15 is 0 Å². The number of ether oxygens (including phenoxy) is 1. The van der Waals surface area contributed by atoms with Crippen molar-refractivity contribution < 1.29 is 19.6 Å². The molecule has 1 atom stereocenters. The Bertz CT molecular complexity index is 471. The number of hydrogen-bond donors (Lipinski definition) is 2. The number of carbonyl (C=O) groups is 1. The van der Waals surface area contributed by atoms with Crippen LogP contribution in [0.3, 0.4) is 0 Å². The second kappa shape index (κ2) is 6.69. The van der Waals surface area contributed by atoms with Crippen LogP contribution in [0.5, 0.6) is 5.75 Å². The van der Waals surface area contributed by atoms with Crippen molar-refractivity contribution in [1.29, 1.82) is 0 Å². The summed E-state index contributed by atoms with van der Waals surface area (Å²) in [4.78, 5) is 22.4. The Balaban J connectivity index is 3.16. The van der Waals surface area contributed by atoms with Gasteiger partial charge in [0.2, 0.25) is 0 Å². The number of aliphatic hydroxyl groups excluding tert-OH is 1. The van der Waals surface area contributed by atoms with E-state index in [1.807, 2.05) is 0 Å². The number of nitro groups is 1. The van der Waals surface area contributed by atoms with Gasteiger partial charge in [-0.2, -0.15) is 0 Å². The molecule has 0 spiro atoms. The Morgan fingerprint density at radius 3 is 2.74 bits per heavy atom. The maximum Gasteiger partial charge on any atom is 0.285 e. The molecule has 7 heteroatoms. The molecule has 0 aliphatic heterocycles. The summed E-state index contributed by atoms with van der Waals surface area (Å²) in [5.41, 5.74) is -0.466. The van der Waals surface area contributed by atoms with Crippen molar-refractivity contribution in [1.82, 2.24) is 5.32 Å². The van der Waals surface area contributed by atoms with Crippen LogP contribution >= 0.6 is 0 Å². The van der Waals surface area contributed by atoms with Crippen molar-refractivity contribution in [2.45, 2.75) is 19.4 Å². The first-order chi connectivity index (χ1) is 9.04. The number of benzene rings is 1. The highest BCUT2D eigenvalue weighted by Gasteiger charge is 2.25. The molecule has 1 aromatic rings. The molecule has 0 bridgehead atoms. The van der Waals surface area contributed by atoms with Gasteiger partial charge in [0.25, 0.3) is 11.6 Å². The first-order valence-electron chi connectivity index (χ1n) is 5.78. The van der Waals surface area contributed by atoms with Crippen LogP contribution in [-0.4, -0.2) is 35.7 Å². The number of nitrogens with zero attached hydrogens (tertiary/aromatic N) is 1. The second-order valence-electron chi connectivity index (χ2n) is 3.87. The fourth-order valence-electron chi connectivity index (χ4n) is 1.60. The minimum atomic E-state index is -0.642. The molecule has 1 amide bonds. The highest BCUT2D eigenvalue weighted by Crippen LogP contribution is 2.28. The molecule has 1 aromatic carbocycles. The Hall–Kier alpha value is -2.15. The van der Waals surface area contributed by atoms with E-state index in [1.165, 1.54) is 25.3 Å². The van der Waals surface area contributed by atoms with Crippen LogP contribution in [0, 0.1) is 10.1 Å². The lowest BCUT2D eigenvalue weighted by Gasteiger charge is -2.15. The smallest absolute Gasteiger partial charge is 0.285 e.